The zero-order valence-electron chi connectivity index (χ0n) is 11.9. The second-order valence-corrected chi connectivity index (χ2v) is 5.88. The summed E-state index contributed by atoms with van der Waals surface area (Å²) in [7, 11) is 0. The third-order valence-corrected chi connectivity index (χ3v) is 4.12. The van der Waals surface area contributed by atoms with E-state index in [0.717, 1.165) is 43.2 Å². The number of benzene rings is 1. The van der Waals surface area contributed by atoms with Gasteiger partial charge in [0.15, 0.2) is 0 Å². The monoisotopic (exact) mass is 278 g/mol. The normalized spacial score (nSPS) is 18.3. The van der Waals surface area contributed by atoms with Crippen LogP contribution in [0.2, 0.25) is 5.02 Å². The first-order chi connectivity index (χ1) is 9.08. The first-order valence-corrected chi connectivity index (χ1v) is 7.31. The smallest absolute Gasteiger partial charge is 0.0438 e. The van der Waals surface area contributed by atoms with E-state index in [1.165, 1.54) is 11.1 Å². The molecule has 1 aromatic rings. The first-order valence-electron chi connectivity index (χ1n) is 6.93. The number of piperazine rings is 1. The molecular weight excluding hydrogens is 256 g/mol. The van der Waals surface area contributed by atoms with Crippen LogP contribution in [0.5, 0.6) is 0 Å². The average molecular weight is 279 g/mol. The minimum absolute atomic E-state index is 0.401. The topological polar surface area (TPSA) is 15.3 Å². The molecule has 1 fully saturated rings. The van der Waals surface area contributed by atoms with Gasteiger partial charge in [-0.3, -0.25) is 4.90 Å². The number of nitrogens with zero attached hydrogens (tertiary/aromatic N) is 1. The van der Waals surface area contributed by atoms with Crippen molar-refractivity contribution in [2.75, 3.05) is 26.2 Å². The maximum Gasteiger partial charge on any atom is 0.0438 e. The average Bonchev–Trinajstić information content (AvgIpc) is 2.40. The molecular formula is C16H23ClN2. The lowest BCUT2D eigenvalue weighted by molar-refractivity contribution is 0.172. The maximum absolute atomic E-state index is 6.28. The van der Waals surface area contributed by atoms with Crippen LogP contribution in [-0.2, 0) is 0 Å². The van der Waals surface area contributed by atoms with Crippen LogP contribution in [0.1, 0.15) is 30.5 Å². The Labute approximate surface area is 121 Å². The Kier molecular flexibility index (Phi) is 5.03. The highest BCUT2D eigenvalue weighted by Crippen LogP contribution is 2.30. The molecule has 104 valence electrons. The van der Waals surface area contributed by atoms with Crippen molar-refractivity contribution in [1.29, 1.82) is 0 Å². The van der Waals surface area contributed by atoms with E-state index in [-0.39, 0.29) is 0 Å². The molecule has 0 aliphatic carbocycles. The Morgan fingerprint density at radius 3 is 2.68 bits per heavy atom. The summed E-state index contributed by atoms with van der Waals surface area (Å²) in [4.78, 5) is 2.53. The number of halogens is 1. The fourth-order valence-electron chi connectivity index (χ4n) is 2.60. The van der Waals surface area contributed by atoms with Gasteiger partial charge in [-0.25, -0.2) is 0 Å². The molecule has 0 unspecified atom stereocenters. The highest BCUT2D eigenvalue weighted by molar-refractivity contribution is 6.31. The predicted octanol–water partition coefficient (Wildman–Crippen LogP) is 3.56. The largest absolute Gasteiger partial charge is 0.314 e. The molecule has 0 spiro atoms. The van der Waals surface area contributed by atoms with Gasteiger partial charge in [0, 0.05) is 37.2 Å². The van der Waals surface area contributed by atoms with Crippen molar-refractivity contribution in [2.45, 2.75) is 26.3 Å². The van der Waals surface area contributed by atoms with E-state index < -0.39 is 0 Å². The van der Waals surface area contributed by atoms with Gasteiger partial charge in [0.2, 0.25) is 0 Å². The fourth-order valence-corrected chi connectivity index (χ4v) is 2.79. The van der Waals surface area contributed by atoms with Crippen LogP contribution in [0.15, 0.2) is 30.4 Å². The van der Waals surface area contributed by atoms with Crippen LogP contribution in [-0.4, -0.2) is 31.1 Å². The van der Waals surface area contributed by atoms with Crippen LogP contribution in [0.25, 0.3) is 0 Å². The lowest BCUT2D eigenvalue weighted by atomic mass is 9.97. The molecule has 1 aliphatic rings. The van der Waals surface area contributed by atoms with Gasteiger partial charge in [-0.05, 0) is 37.5 Å². The Morgan fingerprint density at radius 2 is 2.11 bits per heavy atom. The predicted molar refractivity (Wildman–Crippen MR) is 82.8 cm³/mol. The molecule has 1 saturated heterocycles. The van der Waals surface area contributed by atoms with Crippen molar-refractivity contribution in [1.82, 2.24) is 10.2 Å². The number of hydrogen-bond donors (Lipinski definition) is 1. The SMILES string of the molecule is C=C(C)C[C@@H](c1ccc(C)c(Cl)c1)N1CCNCC1. The van der Waals surface area contributed by atoms with Gasteiger partial charge in [-0.15, -0.1) is 6.58 Å². The molecule has 0 radical (unpaired) electrons. The van der Waals surface area contributed by atoms with Crippen molar-refractivity contribution in [2.24, 2.45) is 0 Å². The standard InChI is InChI=1S/C16H23ClN2/c1-12(2)10-16(19-8-6-18-7-9-19)14-5-4-13(3)15(17)11-14/h4-5,11,16,18H,1,6-10H2,2-3H3/t16-/m0/s1. The second kappa shape index (κ2) is 6.56. The quantitative estimate of drug-likeness (QED) is 0.847. The summed E-state index contributed by atoms with van der Waals surface area (Å²) in [5.74, 6) is 0. The lowest BCUT2D eigenvalue weighted by Crippen LogP contribution is -2.45. The van der Waals surface area contributed by atoms with Gasteiger partial charge >= 0.3 is 0 Å². The van der Waals surface area contributed by atoms with Gasteiger partial charge < -0.3 is 5.32 Å². The molecule has 0 amide bonds. The Hall–Kier alpha value is -0.830. The van der Waals surface area contributed by atoms with E-state index >= 15 is 0 Å². The number of nitrogens with one attached hydrogen (secondary N) is 1. The van der Waals surface area contributed by atoms with E-state index in [1.54, 1.807) is 0 Å². The Balaban J connectivity index is 2.24. The third kappa shape index (κ3) is 3.82. The van der Waals surface area contributed by atoms with Crippen molar-refractivity contribution in [3.8, 4) is 0 Å². The van der Waals surface area contributed by atoms with Crippen LogP contribution in [0.4, 0.5) is 0 Å². The molecule has 0 saturated carbocycles. The van der Waals surface area contributed by atoms with E-state index in [2.05, 4.69) is 41.9 Å². The van der Waals surface area contributed by atoms with Crippen molar-refractivity contribution < 1.29 is 0 Å². The van der Waals surface area contributed by atoms with Gasteiger partial charge in [0.25, 0.3) is 0 Å². The van der Waals surface area contributed by atoms with Gasteiger partial charge in [0.1, 0.15) is 0 Å². The van der Waals surface area contributed by atoms with Crippen LogP contribution in [0, 0.1) is 6.92 Å². The highest BCUT2D eigenvalue weighted by Gasteiger charge is 2.22. The molecule has 3 heteroatoms. The molecule has 2 rings (SSSR count). The van der Waals surface area contributed by atoms with Gasteiger partial charge in [-0.1, -0.05) is 29.3 Å². The summed E-state index contributed by atoms with van der Waals surface area (Å²) in [6, 6.07) is 6.84. The molecule has 1 aromatic carbocycles. The van der Waals surface area contributed by atoms with E-state index in [4.69, 9.17) is 11.6 Å². The minimum Gasteiger partial charge on any atom is -0.314 e. The number of aryl methyl sites for hydroxylation is 1. The molecule has 1 heterocycles. The summed E-state index contributed by atoms with van der Waals surface area (Å²) in [6.07, 6.45) is 0.999. The summed E-state index contributed by atoms with van der Waals surface area (Å²) < 4.78 is 0. The zero-order valence-corrected chi connectivity index (χ0v) is 12.6. The first kappa shape index (κ1) is 14.6. The van der Waals surface area contributed by atoms with Crippen molar-refractivity contribution in [3.63, 3.8) is 0 Å². The number of rotatable bonds is 4. The van der Waals surface area contributed by atoms with E-state index in [0.29, 0.717) is 6.04 Å². The van der Waals surface area contributed by atoms with E-state index in [1.807, 2.05) is 6.92 Å². The molecule has 0 aromatic heterocycles. The Morgan fingerprint density at radius 1 is 1.42 bits per heavy atom. The molecule has 2 nitrogen and oxygen atoms in total. The van der Waals surface area contributed by atoms with Gasteiger partial charge in [-0.2, -0.15) is 0 Å². The molecule has 19 heavy (non-hydrogen) atoms. The van der Waals surface area contributed by atoms with Crippen LogP contribution in [0.3, 0.4) is 0 Å². The summed E-state index contributed by atoms with van der Waals surface area (Å²) in [6.45, 7) is 12.5. The molecule has 0 bridgehead atoms. The second-order valence-electron chi connectivity index (χ2n) is 5.47. The summed E-state index contributed by atoms with van der Waals surface area (Å²) >= 11 is 6.28. The highest BCUT2D eigenvalue weighted by atomic mass is 35.5. The molecule has 1 aliphatic heterocycles. The van der Waals surface area contributed by atoms with Crippen molar-refractivity contribution >= 4 is 11.6 Å². The lowest BCUT2D eigenvalue weighted by Gasteiger charge is -2.35. The van der Waals surface area contributed by atoms with Crippen LogP contribution >= 0.6 is 11.6 Å². The zero-order chi connectivity index (χ0) is 13.8. The third-order valence-electron chi connectivity index (χ3n) is 3.71. The fraction of sp³-hybridized carbons (Fsp3) is 0.500. The number of hydrogen-bond acceptors (Lipinski definition) is 2. The minimum atomic E-state index is 0.401. The summed E-state index contributed by atoms with van der Waals surface area (Å²) in [5, 5.41) is 4.27. The molecule has 1 N–H and O–H groups in total. The van der Waals surface area contributed by atoms with Crippen LogP contribution < -0.4 is 5.32 Å². The maximum atomic E-state index is 6.28. The van der Waals surface area contributed by atoms with Gasteiger partial charge in [0.05, 0.1) is 0 Å². The summed E-state index contributed by atoms with van der Waals surface area (Å²) in [5.41, 5.74) is 3.67. The Bertz CT molecular complexity index is 450. The van der Waals surface area contributed by atoms with E-state index in [9.17, 15) is 0 Å². The van der Waals surface area contributed by atoms with Crippen molar-refractivity contribution in [3.05, 3.63) is 46.5 Å². The molecule has 1 atom stereocenters.